The number of benzene rings is 2. The Kier molecular flexibility index (Phi) is 7.36. The fraction of sp³-hybridized carbons (Fsp3) is 0.316. The van der Waals surface area contributed by atoms with Crippen molar-refractivity contribution < 1.29 is 27.1 Å². The van der Waals surface area contributed by atoms with Crippen LogP contribution in [-0.2, 0) is 19.6 Å². The highest BCUT2D eigenvalue weighted by Crippen LogP contribution is 2.32. The van der Waals surface area contributed by atoms with Crippen molar-refractivity contribution >= 4 is 21.7 Å². The maximum Gasteiger partial charge on any atom is 0.325 e. The molecule has 0 fully saturated rings. The van der Waals surface area contributed by atoms with E-state index in [0.29, 0.717) is 24.5 Å². The topological polar surface area (TPSA) is 84.9 Å². The number of carbonyl (C=O) groups excluding carboxylic acids is 1. The molecule has 0 aliphatic carbocycles. The van der Waals surface area contributed by atoms with Gasteiger partial charge in [0.2, 0.25) is 10.0 Å². The Labute approximate surface area is 164 Å². The predicted molar refractivity (Wildman–Crippen MR) is 104 cm³/mol. The number of halogens is 1. The molecule has 28 heavy (non-hydrogen) atoms. The van der Waals surface area contributed by atoms with Gasteiger partial charge in [0.05, 0.1) is 17.7 Å². The van der Waals surface area contributed by atoms with Crippen LogP contribution >= 0.6 is 0 Å². The highest BCUT2D eigenvalue weighted by atomic mass is 32.2. The summed E-state index contributed by atoms with van der Waals surface area (Å²) in [5.41, 5.74) is 0.294. The van der Waals surface area contributed by atoms with Crippen LogP contribution in [0.3, 0.4) is 0 Å². The van der Waals surface area contributed by atoms with E-state index in [2.05, 4.69) is 10.1 Å². The molecule has 0 aromatic heterocycles. The van der Waals surface area contributed by atoms with Gasteiger partial charge in [-0.05, 0) is 42.5 Å². The summed E-state index contributed by atoms with van der Waals surface area (Å²) < 4.78 is 50.3. The van der Waals surface area contributed by atoms with Crippen LogP contribution in [0.5, 0.6) is 11.5 Å². The molecule has 0 saturated carbocycles. The summed E-state index contributed by atoms with van der Waals surface area (Å²) in [7, 11) is -2.44. The molecule has 0 unspecified atom stereocenters. The summed E-state index contributed by atoms with van der Waals surface area (Å²) in [5, 5.41) is 2.83. The highest BCUT2D eigenvalue weighted by molar-refractivity contribution is 7.89. The van der Waals surface area contributed by atoms with Crippen LogP contribution in [0, 0.1) is 5.82 Å². The van der Waals surface area contributed by atoms with Crippen molar-refractivity contribution in [1.82, 2.24) is 4.31 Å². The zero-order valence-electron chi connectivity index (χ0n) is 15.9. The molecule has 0 atom stereocenters. The van der Waals surface area contributed by atoms with E-state index in [1.807, 2.05) is 0 Å². The van der Waals surface area contributed by atoms with Gasteiger partial charge >= 0.3 is 5.97 Å². The van der Waals surface area contributed by atoms with Gasteiger partial charge in [-0.25, -0.2) is 12.8 Å². The molecule has 2 aromatic rings. The summed E-state index contributed by atoms with van der Waals surface area (Å²) in [4.78, 5) is 11.5. The average molecular weight is 410 g/mol. The highest BCUT2D eigenvalue weighted by Gasteiger charge is 2.23. The Morgan fingerprint density at radius 3 is 2.32 bits per heavy atom. The third kappa shape index (κ3) is 5.20. The van der Waals surface area contributed by atoms with Crippen LogP contribution in [0.25, 0.3) is 0 Å². The molecular weight excluding hydrogens is 387 g/mol. The minimum absolute atomic E-state index is 0.0648. The van der Waals surface area contributed by atoms with E-state index in [0.717, 1.165) is 0 Å². The number of ether oxygens (including phenoxy) is 2. The number of sulfonamides is 1. The van der Waals surface area contributed by atoms with Crippen LogP contribution in [0.4, 0.5) is 10.1 Å². The van der Waals surface area contributed by atoms with Crippen LogP contribution in [0.1, 0.15) is 13.8 Å². The molecule has 0 bridgehead atoms. The van der Waals surface area contributed by atoms with E-state index in [9.17, 15) is 17.6 Å². The lowest BCUT2D eigenvalue weighted by atomic mass is 10.2. The summed E-state index contributed by atoms with van der Waals surface area (Å²) in [6, 6.07) is 9.69. The number of hydrogen-bond donors (Lipinski definition) is 1. The Morgan fingerprint density at radius 2 is 1.75 bits per heavy atom. The number of methoxy groups -OCH3 is 1. The second-order valence-corrected chi connectivity index (χ2v) is 7.67. The fourth-order valence-corrected chi connectivity index (χ4v) is 3.96. The number of hydrogen-bond acceptors (Lipinski definition) is 6. The number of nitrogens with zero attached hydrogens (tertiary/aromatic N) is 1. The summed E-state index contributed by atoms with van der Waals surface area (Å²) in [6.07, 6.45) is 0. The van der Waals surface area contributed by atoms with Crippen molar-refractivity contribution in [2.45, 2.75) is 18.7 Å². The van der Waals surface area contributed by atoms with Crippen molar-refractivity contribution in [1.29, 1.82) is 0 Å². The van der Waals surface area contributed by atoms with Gasteiger partial charge in [0.1, 0.15) is 18.1 Å². The summed E-state index contributed by atoms with van der Waals surface area (Å²) in [5.74, 6) is -0.280. The SMILES string of the molecule is CCN(CC)S(=O)(=O)c1ccc(Oc2ccc(F)cc2)c(NCC(=O)OC)c1. The minimum atomic E-state index is -3.69. The lowest BCUT2D eigenvalue weighted by Gasteiger charge is -2.20. The average Bonchev–Trinajstić information content (AvgIpc) is 2.69. The molecule has 152 valence electrons. The first kappa shape index (κ1) is 21.6. The van der Waals surface area contributed by atoms with E-state index in [-0.39, 0.29) is 17.2 Å². The fourth-order valence-electron chi connectivity index (χ4n) is 2.48. The third-order valence-corrected chi connectivity index (χ3v) is 6.03. The van der Waals surface area contributed by atoms with Gasteiger partial charge in [0, 0.05) is 13.1 Å². The quantitative estimate of drug-likeness (QED) is 0.639. The second-order valence-electron chi connectivity index (χ2n) is 5.73. The van der Waals surface area contributed by atoms with Crippen LogP contribution in [0.2, 0.25) is 0 Å². The minimum Gasteiger partial charge on any atom is -0.468 e. The van der Waals surface area contributed by atoms with E-state index < -0.39 is 21.8 Å². The van der Waals surface area contributed by atoms with Crippen molar-refractivity contribution in [3.8, 4) is 11.5 Å². The molecule has 2 rings (SSSR count). The van der Waals surface area contributed by atoms with Crippen molar-refractivity contribution in [2.75, 3.05) is 32.1 Å². The summed E-state index contributed by atoms with van der Waals surface area (Å²) >= 11 is 0. The monoisotopic (exact) mass is 410 g/mol. The maximum atomic E-state index is 13.1. The zero-order chi connectivity index (χ0) is 20.7. The van der Waals surface area contributed by atoms with Gasteiger partial charge in [-0.2, -0.15) is 4.31 Å². The normalized spacial score (nSPS) is 11.3. The smallest absolute Gasteiger partial charge is 0.325 e. The molecule has 0 amide bonds. The van der Waals surface area contributed by atoms with Gasteiger partial charge in [-0.1, -0.05) is 13.8 Å². The molecule has 0 radical (unpaired) electrons. The molecule has 7 nitrogen and oxygen atoms in total. The first-order valence-corrected chi connectivity index (χ1v) is 10.1. The van der Waals surface area contributed by atoms with Crippen molar-refractivity contribution in [3.63, 3.8) is 0 Å². The van der Waals surface area contributed by atoms with E-state index >= 15 is 0 Å². The molecule has 1 N–H and O–H groups in total. The number of esters is 1. The lowest BCUT2D eigenvalue weighted by Crippen LogP contribution is -2.30. The summed E-state index contributed by atoms with van der Waals surface area (Å²) in [6.45, 7) is 3.99. The van der Waals surface area contributed by atoms with Crippen LogP contribution < -0.4 is 10.1 Å². The predicted octanol–water partition coefficient (Wildman–Crippen LogP) is 3.23. The first-order valence-electron chi connectivity index (χ1n) is 8.70. The van der Waals surface area contributed by atoms with Crippen molar-refractivity contribution in [2.24, 2.45) is 0 Å². The number of anilines is 1. The maximum absolute atomic E-state index is 13.1. The Balaban J connectivity index is 2.41. The van der Waals surface area contributed by atoms with Gasteiger partial charge in [-0.3, -0.25) is 4.79 Å². The molecule has 0 heterocycles. The molecule has 0 aliphatic heterocycles. The molecule has 0 saturated heterocycles. The van der Waals surface area contributed by atoms with Crippen LogP contribution in [0.15, 0.2) is 47.4 Å². The Bertz CT molecular complexity index is 912. The first-order chi connectivity index (χ1) is 13.3. The Morgan fingerprint density at radius 1 is 1.11 bits per heavy atom. The number of nitrogens with one attached hydrogen (secondary N) is 1. The van der Waals surface area contributed by atoms with E-state index in [1.54, 1.807) is 13.8 Å². The third-order valence-electron chi connectivity index (χ3n) is 3.99. The largest absolute Gasteiger partial charge is 0.468 e. The molecule has 2 aromatic carbocycles. The standard InChI is InChI=1S/C19H23FN2O5S/c1-4-22(5-2)28(24,25)16-10-11-18(17(12-16)21-13-19(23)26-3)27-15-8-6-14(20)7-9-15/h6-12,21H,4-5,13H2,1-3H3. The second kappa shape index (κ2) is 9.52. The van der Waals surface area contributed by atoms with Crippen LogP contribution in [-0.4, -0.2) is 45.4 Å². The van der Waals surface area contributed by atoms with Gasteiger partial charge in [-0.15, -0.1) is 0 Å². The van der Waals surface area contributed by atoms with Gasteiger partial charge < -0.3 is 14.8 Å². The molecular formula is C19H23FN2O5S. The molecule has 0 spiro atoms. The molecule has 9 heteroatoms. The lowest BCUT2D eigenvalue weighted by molar-refractivity contribution is -0.138. The van der Waals surface area contributed by atoms with Crippen molar-refractivity contribution in [3.05, 3.63) is 48.3 Å². The van der Waals surface area contributed by atoms with Gasteiger partial charge in [0.15, 0.2) is 5.75 Å². The van der Waals surface area contributed by atoms with E-state index in [4.69, 9.17) is 4.74 Å². The number of rotatable bonds is 9. The van der Waals surface area contributed by atoms with E-state index in [1.165, 1.54) is 53.9 Å². The van der Waals surface area contributed by atoms with Gasteiger partial charge in [0.25, 0.3) is 0 Å². The Hall–Kier alpha value is -2.65. The number of carbonyl (C=O) groups is 1. The molecule has 0 aliphatic rings. The zero-order valence-corrected chi connectivity index (χ0v) is 16.8.